The molecule has 1 atom stereocenters. The highest BCUT2D eigenvalue weighted by Crippen LogP contribution is 2.30. The average molecular weight is 556 g/mol. The van der Waals surface area contributed by atoms with E-state index < -0.39 is 5.92 Å². The normalized spacial score (nSPS) is 16.0. The molecule has 2 heterocycles. The Bertz CT molecular complexity index is 1840. The van der Waals surface area contributed by atoms with Gasteiger partial charge in [0.25, 0.3) is 5.91 Å². The molecule has 0 bridgehead atoms. The molecule has 0 radical (unpaired) electrons. The van der Waals surface area contributed by atoms with E-state index in [9.17, 15) is 10.1 Å². The number of rotatable bonds is 7. The molecule has 198 valence electrons. The number of aliphatic imine (C=N–C) groups is 2. The number of fused-ring (bicyclic) bond motifs is 1. The van der Waals surface area contributed by atoms with Crippen molar-refractivity contribution in [2.24, 2.45) is 15.9 Å². The Morgan fingerprint density at radius 1 is 1.02 bits per heavy atom. The van der Waals surface area contributed by atoms with E-state index >= 15 is 0 Å². The molecular formula is C33H22ClN5O2. The summed E-state index contributed by atoms with van der Waals surface area (Å²) in [5.74, 6) is -0.146. The van der Waals surface area contributed by atoms with Gasteiger partial charge in [-0.25, -0.2) is 9.67 Å². The van der Waals surface area contributed by atoms with Crippen LogP contribution >= 0.6 is 11.6 Å². The zero-order valence-electron chi connectivity index (χ0n) is 21.7. The van der Waals surface area contributed by atoms with E-state index in [1.807, 2.05) is 91.1 Å². The van der Waals surface area contributed by atoms with Crippen LogP contribution in [0.2, 0.25) is 5.02 Å². The minimum atomic E-state index is -0.520. The summed E-state index contributed by atoms with van der Waals surface area (Å²) in [5.41, 5.74) is 4.52. The van der Waals surface area contributed by atoms with Crippen molar-refractivity contribution in [3.05, 3.63) is 131 Å². The number of carbonyl (C=O) groups is 1. The summed E-state index contributed by atoms with van der Waals surface area (Å²) < 4.78 is 7.80. The quantitative estimate of drug-likeness (QED) is 0.234. The minimum absolute atomic E-state index is 0.0823. The Balaban J connectivity index is 1.39. The third kappa shape index (κ3) is 5.55. The molecule has 1 aliphatic carbocycles. The summed E-state index contributed by atoms with van der Waals surface area (Å²) in [6, 6.07) is 27.0. The Hall–Kier alpha value is -5.32. The molecular weight excluding hydrogens is 534 g/mol. The van der Waals surface area contributed by atoms with E-state index in [4.69, 9.17) is 21.4 Å². The highest BCUT2D eigenvalue weighted by atomic mass is 35.5. The summed E-state index contributed by atoms with van der Waals surface area (Å²) in [6.07, 6.45) is 10.6. The number of benzene rings is 3. The van der Waals surface area contributed by atoms with E-state index in [0.717, 1.165) is 16.8 Å². The Morgan fingerprint density at radius 3 is 2.68 bits per heavy atom. The van der Waals surface area contributed by atoms with Crippen LogP contribution in [0.25, 0.3) is 23.0 Å². The molecule has 2 aliphatic rings. The molecule has 0 spiro atoms. The molecule has 0 saturated carbocycles. The van der Waals surface area contributed by atoms with Crippen LogP contribution in [0.4, 0.5) is 0 Å². The maximum absolute atomic E-state index is 12.7. The molecule has 0 saturated heterocycles. The van der Waals surface area contributed by atoms with E-state index in [2.05, 4.69) is 16.1 Å². The number of allylic oxidation sites excluding steroid dienone is 3. The Morgan fingerprint density at radius 2 is 1.85 bits per heavy atom. The summed E-state index contributed by atoms with van der Waals surface area (Å²) in [7, 11) is 0. The molecule has 1 aliphatic heterocycles. The second kappa shape index (κ2) is 11.4. The number of amidine groups is 1. The van der Waals surface area contributed by atoms with Gasteiger partial charge < -0.3 is 4.74 Å². The molecule has 7 nitrogen and oxygen atoms in total. The van der Waals surface area contributed by atoms with Crippen LogP contribution in [-0.4, -0.2) is 27.2 Å². The van der Waals surface area contributed by atoms with Crippen molar-refractivity contribution in [3.63, 3.8) is 0 Å². The lowest BCUT2D eigenvalue weighted by Crippen LogP contribution is -2.27. The topological polar surface area (TPSA) is 92.6 Å². The molecule has 1 unspecified atom stereocenters. The molecule has 4 aromatic rings. The standard InChI is InChI=1S/C33H22ClN5O2/c34-29-15-6-4-9-23(29)21-41-27-13-8-10-22(18-27)31-25(20-39(38-31)26-11-2-1-3-12-26)17-24(19-35)32-36-30-16-7-5-14-28(30)33(40)37-32/h1-18,20,28H,21H2/b24-17+. The van der Waals surface area contributed by atoms with Crippen molar-refractivity contribution in [1.29, 1.82) is 5.26 Å². The number of aromatic nitrogens is 2. The maximum atomic E-state index is 12.7. The maximum Gasteiger partial charge on any atom is 0.260 e. The number of hydrogen-bond donors (Lipinski definition) is 0. The van der Waals surface area contributed by atoms with E-state index in [1.54, 1.807) is 29.0 Å². The lowest BCUT2D eigenvalue weighted by molar-refractivity contribution is -0.118. The van der Waals surface area contributed by atoms with Crippen molar-refractivity contribution >= 4 is 35.1 Å². The lowest BCUT2D eigenvalue weighted by Gasteiger charge is -2.17. The van der Waals surface area contributed by atoms with Crippen LogP contribution in [0.5, 0.6) is 5.75 Å². The molecule has 1 amide bonds. The van der Waals surface area contributed by atoms with Crippen molar-refractivity contribution < 1.29 is 9.53 Å². The highest BCUT2D eigenvalue weighted by Gasteiger charge is 2.27. The SMILES string of the molecule is N#C/C(=C\c1cn(-c2ccccc2)nc1-c1cccc(OCc2ccccc2Cl)c1)C1=NC(=O)C2C=CC=CC2=N1. The largest absolute Gasteiger partial charge is 0.489 e. The summed E-state index contributed by atoms with van der Waals surface area (Å²) in [5, 5.41) is 15.6. The number of ether oxygens (including phenoxy) is 1. The van der Waals surface area contributed by atoms with Crippen LogP contribution in [0, 0.1) is 17.2 Å². The van der Waals surface area contributed by atoms with Gasteiger partial charge in [0.05, 0.1) is 17.0 Å². The Kier molecular flexibility index (Phi) is 7.23. The van der Waals surface area contributed by atoms with Gasteiger partial charge in [-0.1, -0.05) is 78.4 Å². The molecule has 3 aromatic carbocycles. The fraction of sp³-hybridized carbons (Fsp3) is 0.0606. The van der Waals surface area contributed by atoms with Gasteiger partial charge in [-0.3, -0.25) is 4.79 Å². The smallest absolute Gasteiger partial charge is 0.260 e. The van der Waals surface area contributed by atoms with Crippen LogP contribution in [0.15, 0.2) is 125 Å². The second-order valence-electron chi connectivity index (χ2n) is 9.32. The predicted octanol–water partition coefficient (Wildman–Crippen LogP) is 6.80. The molecule has 1 aromatic heterocycles. The lowest BCUT2D eigenvalue weighted by atomic mass is 9.96. The van der Waals surface area contributed by atoms with Gasteiger partial charge in [-0.15, -0.1) is 0 Å². The molecule has 8 heteroatoms. The fourth-order valence-corrected chi connectivity index (χ4v) is 4.72. The number of carbonyl (C=O) groups excluding carboxylic acids is 1. The number of hydrogen-bond acceptors (Lipinski definition) is 5. The van der Waals surface area contributed by atoms with Gasteiger partial charge in [0.1, 0.15) is 30.0 Å². The Labute approximate surface area is 241 Å². The van der Waals surface area contributed by atoms with Crippen LogP contribution in [0.3, 0.4) is 0 Å². The third-order valence-corrected chi connectivity index (χ3v) is 6.97. The molecule has 0 N–H and O–H groups in total. The highest BCUT2D eigenvalue weighted by molar-refractivity contribution is 6.31. The zero-order valence-corrected chi connectivity index (χ0v) is 22.4. The van der Waals surface area contributed by atoms with Gasteiger partial charge in [-0.2, -0.15) is 15.4 Å². The first-order valence-electron chi connectivity index (χ1n) is 12.9. The van der Waals surface area contributed by atoms with Gasteiger partial charge >= 0.3 is 0 Å². The number of para-hydroxylation sites is 1. The number of halogens is 1. The van der Waals surface area contributed by atoms with Gasteiger partial charge in [-0.05, 0) is 42.5 Å². The number of nitrogens with zero attached hydrogens (tertiary/aromatic N) is 5. The summed E-state index contributed by atoms with van der Waals surface area (Å²) in [4.78, 5) is 21.3. The van der Waals surface area contributed by atoms with Crippen molar-refractivity contribution in [2.45, 2.75) is 6.61 Å². The van der Waals surface area contributed by atoms with E-state index in [-0.39, 0.29) is 17.3 Å². The molecule has 0 fully saturated rings. The predicted molar refractivity (Wildman–Crippen MR) is 160 cm³/mol. The van der Waals surface area contributed by atoms with Crippen LogP contribution in [0.1, 0.15) is 11.1 Å². The van der Waals surface area contributed by atoms with Crippen molar-refractivity contribution in [1.82, 2.24) is 9.78 Å². The van der Waals surface area contributed by atoms with E-state index in [1.165, 1.54) is 0 Å². The van der Waals surface area contributed by atoms with Gasteiger partial charge in [0.2, 0.25) is 0 Å². The second-order valence-corrected chi connectivity index (χ2v) is 9.73. The monoisotopic (exact) mass is 555 g/mol. The fourth-order valence-electron chi connectivity index (χ4n) is 4.53. The molecule has 6 rings (SSSR count). The minimum Gasteiger partial charge on any atom is -0.489 e. The zero-order chi connectivity index (χ0) is 28.2. The van der Waals surface area contributed by atoms with Crippen LogP contribution < -0.4 is 4.74 Å². The first-order chi connectivity index (χ1) is 20.1. The average Bonchev–Trinajstić information content (AvgIpc) is 3.44. The van der Waals surface area contributed by atoms with Crippen molar-refractivity contribution in [2.75, 3.05) is 0 Å². The first-order valence-corrected chi connectivity index (χ1v) is 13.3. The number of amides is 1. The number of nitriles is 1. The van der Waals surface area contributed by atoms with Gasteiger partial charge in [0.15, 0.2) is 5.84 Å². The molecule has 41 heavy (non-hydrogen) atoms. The van der Waals surface area contributed by atoms with Gasteiger partial charge in [0, 0.05) is 27.9 Å². The van der Waals surface area contributed by atoms with E-state index in [0.29, 0.717) is 34.3 Å². The first kappa shape index (κ1) is 25.9. The van der Waals surface area contributed by atoms with Crippen LogP contribution in [-0.2, 0) is 11.4 Å². The summed E-state index contributed by atoms with van der Waals surface area (Å²) >= 11 is 6.30. The summed E-state index contributed by atoms with van der Waals surface area (Å²) in [6.45, 7) is 0.311. The third-order valence-electron chi connectivity index (χ3n) is 6.60. The van der Waals surface area contributed by atoms with Crippen molar-refractivity contribution in [3.8, 4) is 28.8 Å².